The second kappa shape index (κ2) is 5.95. The molecule has 19 heavy (non-hydrogen) atoms. The van der Waals surface area contributed by atoms with E-state index in [9.17, 15) is 4.79 Å². The van der Waals surface area contributed by atoms with Gasteiger partial charge in [-0.1, -0.05) is 12.1 Å². The second-order valence-corrected chi connectivity index (χ2v) is 5.14. The van der Waals surface area contributed by atoms with E-state index in [1.54, 1.807) is 13.0 Å². The van der Waals surface area contributed by atoms with E-state index >= 15 is 0 Å². The summed E-state index contributed by atoms with van der Waals surface area (Å²) < 4.78 is 5.77. The van der Waals surface area contributed by atoms with Crippen molar-refractivity contribution in [1.29, 1.82) is 0 Å². The first kappa shape index (κ1) is 13.7. The summed E-state index contributed by atoms with van der Waals surface area (Å²) in [5.41, 5.74) is 7.44. The molecule has 0 aromatic heterocycles. The van der Waals surface area contributed by atoms with Crippen LogP contribution in [0.4, 0.5) is 5.69 Å². The maximum atomic E-state index is 12.3. The minimum atomic E-state index is -0.485. The van der Waals surface area contributed by atoms with Crippen molar-refractivity contribution in [2.75, 3.05) is 18.8 Å². The van der Waals surface area contributed by atoms with Gasteiger partial charge in [-0.15, -0.1) is 0 Å². The Morgan fingerprint density at radius 1 is 1.32 bits per heavy atom. The molecule has 1 aromatic carbocycles. The number of carbonyl (C=O) groups is 1. The van der Waals surface area contributed by atoms with Crippen LogP contribution in [0.5, 0.6) is 5.75 Å². The first-order chi connectivity index (χ1) is 9.09. The fraction of sp³-hybridized carbons (Fsp3) is 0.533. The van der Waals surface area contributed by atoms with E-state index in [2.05, 4.69) is 0 Å². The highest BCUT2D eigenvalue weighted by molar-refractivity contribution is 5.81. The van der Waals surface area contributed by atoms with Gasteiger partial charge in [0.2, 0.25) is 0 Å². The minimum Gasteiger partial charge on any atom is -0.478 e. The Hall–Kier alpha value is -1.71. The smallest absolute Gasteiger partial charge is 0.263 e. The number of nitrogens with zero attached hydrogens (tertiary/aromatic N) is 1. The second-order valence-electron chi connectivity index (χ2n) is 5.14. The number of aryl methyl sites for hydroxylation is 1. The lowest BCUT2D eigenvalue weighted by molar-refractivity contribution is -0.138. The molecule has 2 N–H and O–H groups in total. The van der Waals surface area contributed by atoms with Crippen LogP contribution >= 0.6 is 0 Å². The lowest BCUT2D eigenvalue weighted by Crippen LogP contribution is -2.43. The third kappa shape index (κ3) is 3.19. The van der Waals surface area contributed by atoms with Crippen LogP contribution in [0.1, 0.15) is 31.7 Å². The largest absolute Gasteiger partial charge is 0.478 e. The van der Waals surface area contributed by atoms with Crippen molar-refractivity contribution < 1.29 is 9.53 Å². The Bertz CT molecular complexity index is 433. The zero-order valence-corrected chi connectivity index (χ0v) is 11.7. The maximum Gasteiger partial charge on any atom is 0.263 e. The third-order valence-corrected chi connectivity index (χ3v) is 3.55. The molecule has 0 aliphatic carbocycles. The number of para-hydroxylation sites is 1. The number of anilines is 1. The Morgan fingerprint density at radius 2 is 2.00 bits per heavy atom. The van der Waals surface area contributed by atoms with Crippen molar-refractivity contribution in [3.05, 3.63) is 23.8 Å². The summed E-state index contributed by atoms with van der Waals surface area (Å²) in [6.07, 6.45) is 2.90. The molecule has 0 radical (unpaired) electrons. The van der Waals surface area contributed by atoms with Crippen LogP contribution < -0.4 is 10.5 Å². The van der Waals surface area contributed by atoms with Crippen LogP contribution in [0.15, 0.2) is 18.2 Å². The molecule has 1 unspecified atom stereocenters. The molecule has 1 saturated heterocycles. The maximum absolute atomic E-state index is 12.3. The SMILES string of the molecule is Cc1cccc(N)c1OC(C)C(=O)N1CCCCC1. The van der Waals surface area contributed by atoms with Gasteiger partial charge in [-0.25, -0.2) is 0 Å². The summed E-state index contributed by atoms with van der Waals surface area (Å²) in [6, 6.07) is 5.61. The Balaban J connectivity index is 2.03. The quantitative estimate of drug-likeness (QED) is 0.851. The number of hydrogen-bond donors (Lipinski definition) is 1. The molecular weight excluding hydrogens is 240 g/mol. The van der Waals surface area contributed by atoms with Crippen molar-refractivity contribution in [2.24, 2.45) is 0 Å². The lowest BCUT2D eigenvalue weighted by Gasteiger charge is -2.29. The Morgan fingerprint density at radius 3 is 2.63 bits per heavy atom. The van der Waals surface area contributed by atoms with Crippen molar-refractivity contribution in [3.63, 3.8) is 0 Å². The molecule has 1 atom stereocenters. The number of hydrogen-bond acceptors (Lipinski definition) is 3. The minimum absolute atomic E-state index is 0.0577. The molecule has 0 saturated carbocycles. The molecule has 1 amide bonds. The number of amides is 1. The summed E-state index contributed by atoms with van der Waals surface area (Å²) >= 11 is 0. The zero-order chi connectivity index (χ0) is 13.8. The van der Waals surface area contributed by atoms with Crippen LogP contribution in [0.25, 0.3) is 0 Å². The molecule has 4 heteroatoms. The van der Waals surface area contributed by atoms with E-state index in [4.69, 9.17) is 10.5 Å². The molecule has 1 fully saturated rings. The van der Waals surface area contributed by atoms with Crippen molar-refractivity contribution in [3.8, 4) is 5.75 Å². The van der Waals surface area contributed by atoms with E-state index in [1.807, 2.05) is 24.0 Å². The highest BCUT2D eigenvalue weighted by Crippen LogP contribution is 2.27. The predicted molar refractivity (Wildman–Crippen MR) is 76.1 cm³/mol. The zero-order valence-electron chi connectivity index (χ0n) is 11.7. The van der Waals surface area contributed by atoms with E-state index in [0.29, 0.717) is 11.4 Å². The number of nitrogens with two attached hydrogens (primary N) is 1. The number of rotatable bonds is 3. The van der Waals surface area contributed by atoms with Gasteiger partial charge in [-0.05, 0) is 44.7 Å². The summed E-state index contributed by atoms with van der Waals surface area (Å²) in [7, 11) is 0. The van der Waals surface area contributed by atoms with Gasteiger partial charge in [0.1, 0.15) is 5.75 Å². The molecule has 2 rings (SSSR count). The van der Waals surface area contributed by atoms with Gasteiger partial charge < -0.3 is 15.4 Å². The van der Waals surface area contributed by atoms with E-state index in [0.717, 1.165) is 31.5 Å². The fourth-order valence-electron chi connectivity index (χ4n) is 2.43. The summed E-state index contributed by atoms with van der Waals surface area (Å²) in [4.78, 5) is 14.2. The number of piperidine rings is 1. The van der Waals surface area contributed by atoms with Gasteiger partial charge in [0, 0.05) is 13.1 Å². The molecule has 1 heterocycles. The highest BCUT2D eigenvalue weighted by atomic mass is 16.5. The van der Waals surface area contributed by atoms with Crippen LogP contribution in [-0.4, -0.2) is 30.0 Å². The van der Waals surface area contributed by atoms with E-state index < -0.39 is 6.10 Å². The molecular formula is C15H22N2O2. The number of nitrogen functional groups attached to an aromatic ring is 1. The molecule has 0 bridgehead atoms. The number of likely N-dealkylation sites (tertiary alicyclic amines) is 1. The summed E-state index contributed by atoms with van der Waals surface area (Å²) in [5.74, 6) is 0.683. The Kier molecular flexibility index (Phi) is 4.30. The Labute approximate surface area is 114 Å². The first-order valence-corrected chi connectivity index (χ1v) is 6.90. The standard InChI is InChI=1S/C15H22N2O2/c1-11-7-6-8-13(16)14(11)19-12(2)15(18)17-9-4-3-5-10-17/h6-8,12H,3-5,9-10,16H2,1-2H3. The van der Waals surface area contributed by atoms with Gasteiger partial charge in [0.05, 0.1) is 5.69 Å². The van der Waals surface area contributed by atoms with Crippen molar-refractivity contribution >= 4 is 11.6 Å². The average Bonchev–Trinajstić information content (AvgIpc) is 2.43. The number of benzene rings is 1. The molecule has 104 valence electrons. The molecule has 0 spiro atoms. The average molecular weight is 262 g/mol. The van der Waals surface area contributed by atoms with Crippen LogP contribution in [0.2, 0.25) is 0 Å². The summed E-state index contributed by atoms with van der Waals surface area (Å²) in [6.45, 7) is 5.41. The third-order valence-electron chi connectivity index (χ3n) is 3.55. The van der Waals surface area contributed by atoms with Gasteiger partial charge in [0.15, 0.2) is 6.10 Å². The predicted octanol–water partition coefficient (Wildman–Crippen LogP) is 2.36. The van der Waals surface area contributed by atoms with Crippen LogP contribution in [0, 0.1) is 6.92 Å². The lowest BCUT2D eigenvalue weighted by atomic mass is 10.1. The fourth-order valence-corrected chi connectivity index (χ4v) is 2.43. The van der Waals surface area contributed by atoms with Gasteiger partial charge in [-0.2, -0.15) is 0 Å². The monoisotopic (exact) mass is 262 g/mol. The van der Waals surface area contributed by atoms with E-state index in [-0.39, 0.29) is 5.91 Å². The first-order valence-electron chi connectivity index (χ1n) is 6.90. The number of carbonyl (C=O) groups excluding carboxylic acids is 1. The van der Waals surface area contributed by atoms with Gasteiger partial charge >= 0.3 is 0 Å². The molecule has 1 aromatic rings. The van der Waals surface area contributed by atoms with Crippen molar-refractivity contribution in [2.45, 2.75) is 39.2 Å². The molecule has 1 aliphatic rings. The highest BCUT2D eigenvalue weighted by Gasteiger charge is 2.24. The normalized spacial score (nSPS) is 17.1. The molecule has 1 aliphatic heterocycles. The van der Waals surface area contributed by atoms with E-state index in [1.165, 1.54) is 6.42 Å². The molecule has 4 nitrogen and oxygen atoms in total. The number of ether oxygens (including phenoxy) is 1. The van der Waals surface area contributed by atoms with Crippen LogP contribution in [0.3, 0.4) is 0 Å². The van der Waals surface area contributed by atoms with Gasteiger partial charge in [-0.3, -0.25) is 4.79 Å². The topological polar surface area (TPSA) is 55.6 Å². The van der Waals surface area contributed by atoms with Crippen molar-refractivity contribution in [1.82, 2.24) is 4.90 Å². The van der Waals surface area contributed by atoms with Crippen LogP contribution in [-0.2, 0) is 4.79 Å². The van der Waals surface area contributed by atoms with Gasteiger partial charge in [0.25, 0.3) is 5.91 Å². The summed E-state index contributed by atoms with van der Waals surface area (Å²) in [5, 5.41) is 0.